The molecule has 0 fully saturated rings. The lowest BCUT2D eigenvalue weighted by Gasteiger charge is -2.19. The SMILES string of the molecule is CCOC(=O)CC(O)C(O)c1cc(C)c(N)c(C)c1. The number of esters is 1. The summed E-state index contributed by atoms with van der Waals surface area (Å²) in [6.45, 7) is 5.60. The summed E-state index contributed by atoms with van der Waals surface area (Å²) in [5.41, 5.74) is 8.70. The molecule has 5 heteroatoms. The molecule has 19 heavy (non-hydrogen) atoms. The Bertz CT molecular complexity index is 436. The predicted octanol–water partition coefficient (Wildman–Crippen LogP) is 1.23. The van der Waals surface area contributed by atoms with Crippen molar-refractivity contribution in [3.05, 3.63) is 28.8 Å². The predicted molar refractivity (Wildman–Crippen MR) is 72.5 cm³/mol. The van der Waals surface area contributed by atoms with Crippen LogP contribution in [0.3, 0.4) is 0 Å². The number of nitrogen functional groups attached to an aromatic ring is 1. The van der Waals surface area contributed by atoms with E-state index in [1.165, 1.54) is 0 Å². The van der Waals surface area contributed by atoms with E-state index in [0.717, 1.165) is 11.1 Å². The van der Waals surface area contributed by atoms with Crippen molar-refractivity contribution in [3.63, 3.8) is 0 Å². The third kappa shape index (κ3) is 3.94. The molecule has 0 bridgehead atoms. The number of aliphatic hydroxyl groups excluding tert-OH is 2. The topological polar surface area (TPSA) is 92.8 Å². The molecule has 0 radical (unpaired) electrons. The van der Waals surface area contributed by atoms with Crippen LogP contribution in [-0.4, -0.2) is 28.9 Å². The monoisotopic (exact) mass is 267 g/mol. The van der Waals surface area contributed by atoms with Crippen LogP contribution in [0.5, 0.6) is 0 Å². The fraction of sp³-hybridized carbons (Fsp3) is 0.500. The summed E-state index contributed by atoms with van der Waals surface area (Å²) in [5.74, 6) is -0.530. The molecule has 0 aromatic heterocycles. The van der Waals surface area contributed by atoms with Crippen LogP contribution in [0.1, 0.15) is 36.1 Å². The van der Waals surface area contributed by atoms with Crippen molar-refractivity contribution in [2.75, 3.05) is 12.3 Å². The molecule has 5 nitrogen and oxygen atoms in total. The van der Waals surface area contributed by atoms with Gasteiger partial charge in [-0.3, -0.25) is 4.79 Å². The van der Waals surface area contributed by atoms with Crippen molar-refractivity contribution < 1.29 is 19.7 Å². The second kappa shape index (κ2) is 6.54. The molecule has 106 valence electrons. The summed E-state index contributed by atoms with van der Waals surface area (Å²) in [6, 6.07) is 3.42. The van der Waals surface area contributed by atoms with E-state index in [9.17, 15) is 15.0 Å². The zero-order chi connectivity index (χ0) is 14.6. The van der Waals surface area contributed by atoms with E-state index in [4.69, 9.17) is 10.5 Å². The van der Waals surface area contributed by atoms with Gasteiger partial charge in [0.05, 0.1) is 19.1 Å². The maximum atomic E-state index is 11.3. The zero-order valence-corrected chi connectivity index (χ0v) is 11.5. The second-order valence-electron chi connectivity index (χ2n) is 4.59. The van der Waals surface area contributed by atoms with Crippen LogP contribution >= 0.6 is 0 Å². The molecule has 0 saturated heterocycles. The largest absolute Gasteiger partial charge is 0.466 e. The van der Waals surface area contributed by atoms with E-state index in [2.05, 4.69) is 0 Å². The Kier molecular flexibility index (Phi) is 5.32. The number of aryl methyl sites for hydroxylation is 2. The van der Waals surface area contributed by atoms with Crippen LogP contribution in [-0.2, 0) is 9.53 Å². The number of nitrogens with two attached hydrogens (primary N) is 1. The van der Waals surface area contributed by atoms with Crippen LogP contribution in [0.15, 0.2) is 12.1 Å². The first-order chi connectivity index (χ1) is 8.86. The number of carbonyl (C=O) groups is 1. The van der Waals surface area contributed by atoms with Gasteiger partial charge in [-0.25, -0.2) is 0 Å². The maximum Gasteiger partial charge on any atom is 0.308 e. The number of hydrogen-bond acceptors (Lipinski definition) is 5. The molecule has 4 N–H and O–H groups in total. The highest BCUT2D eigenvalue weighted by molar-refractivity contribution is 5.70. The Morgan fingerprint density at radius 3 is 2.32 bits per heavy atom. The normalized spacial score (nSPS) is 13.9. The van der Waals surface area contributed by atoms with Gasteiger partial charge in [-0.15, -0.1) is 0 Å². The number of anilines is 1. The molecule has 1 rings (SSSR count). The van der Waals surface area contributed by atoms with E-state index in [1.807, 2.05) is 13.8 Å². The molecule has 0 spiro atoms. The van der Waals surface area contributed by atoms with Crippen molar-refractivity contribution in [2.45, 2.75) is 39.4 Å². The van der Waals surface area contributed by atoms with Crippen molar-refractivity contribution in [1.29, 1.82) is 0 Å². The summed E-state index contributed by atoms with van der Waals surface area (Å²) < 4.78 is 4.74. The summed E-state index contributed by atoms with van der Waals surface area (Å²) in [6.07, 6.45) is -2.57. The van der Waals surface area contributed by atoms with Crippen LogP contribution in [0.2, 0.25) is 0 Å². The maximum absolute atomic E-state index is 11.3. The van der Waals surface area contributed by atoms with Gasteiger partial charge in [-0.1, -0.05) is 12.1 Å². The Morgan fingerprint density at radius 1 is 1.32 bits per heavy atom. The van der Waals surface area contributed by atoms with Gasteiger partial charge < -0.3 is 20.7 Å². The molecule has 0 aliphatic rings. The highest BCUT2D eigenvalue weighted by Crippen LogP contribution is 2.25. The number of benzene rings is 1. The van der Waals surface area contributed by atoms with Gasteiger partial charge in [0.25, 0.3) is 0 Å². The Hall–Kier alpha value is -1.59. The minimum absolute atomic E-state index is 0.239. The van der Waals surface area contributed by atoms with Gasteiger partial charge in [-0.2, -0.15) is 0 Å². The van der Waals surface area contributed by atoms with E-state index in [-0.39, 0.29) is 13.0 Å². The highest BCUT2D eigenvalue weighted by atomic mass is 16.5. The fourth-order valence-corrected chi connectivity index (χ4v) is 1.90. The molecule has 1 aromatic rings. The fourth-order valence-electron chi connectivity index (χ4n) is 1.90. The van der Waals surface area contributed by atoms with Crippen LogP contribution < -0.4 is 5.73 Å². The Morgan fingerprint density at radius 2 is 1.84 bits per heavy atom. The highest BCUT2D eigenvalue weighted by Gasteiger charge is 2.22. The zero-order valence-electron chi connectivity index (χ0n) is 11.5. The minimum atomic E-state index is -1.19. The van der Waals surface area contributed by atoms with E-state index in [1.54, 1.807) is 19.1 Å². The molecular weight excluding hydrogens is 246 g/mol. The van der Waals surface area contributed by atoms with Crippen molar-refractivity contribution in [1.82, 2.24) is 0 Å². The molecule has 1 aromatic carbocycles. The van der Waals surface area contributed by atoms with E-state index < -0.39 is 18.2 Å². The average Bonchev–Trinajstić information content (AvgIpc) is 2.34. The number of hydrogen-bond donors (Lipinski definition) is 3. The lowest BCUT2D eigenvalue weighted by molar-refractivity contribution is -0.147. The first-order valence-corrected chi connectivity index (χ1v) is 6.25. The van der Waals surface area contributed by atoms with Gasteiger partial charge in [0, 0.05) is 5.69 Å². The number of rotatable bonds is 5. The summed E-state index contributed by atoms with van der Waals surface area (Å²) in [5, 5.41) is 19.9. The molecule has 2 unspecified atom stereocenters. The number of ether oxygens (including phenoxy) is 1. The van der Waals surface area contributed by atoms with Gasteiger partial charge in [0.15, 0.2) is 0 Å². The average molecular weight is 267 g/mol. The quantitative estimate of drug-likeness (QED) is 0.551. The van der Waals surface area contributed by atoms with Crippen molar-refractivity contribution in [3.8, 4) is 0 Å². The summed E-state index contributed by atoms with van der Waals surface area (Å²) in [7, 11) is 0. The Balaban J connectivity index is 2.82. The lowest BCUT2D eigenvalue weighted by atomic mass is 9.97. The Labute approximate surface area is 113 Å². The molecular formula is C14H21NO4. The smallest absolute Gasteiger partial charge is 0.308 e. The first-order valence-electron chi connectivity index (χ1n) is 6.25. The number of aliphatic hydroxyl groups is 2. The van der Waals surface area contributed by atoms with Crippen LogP contribution in [0, 0.1) is 13.8 Å². The van der Waals surface area contributed by atoms with Crippen molar-refractivity contribution >= 4 is 11.7 Å². The molecule has 0 heterocycles. The minimum Gasteiger partial charge on any atom is -0.466 e. The van der Waals surface area contributed by atoms with Crippen LogP contribution in [0.25, 0.3) is 0 Å². The van der Waals surface area contributed by atoms with E-state index in [0.29, 0.717) is 11.3 Å². The lowest BCUT2D eigenvalue weighted by Crippen LogP contribution is -2.23. The third-order valence-electron chi connectivity index (χ3n) is 3.00. The molecule has 2 atom stereocenters. The number of carbonyl (C=O) groups excluding carboxylic acids is 1. The van der Waals surface area contributed by atoms with Gasteiger partial charge in [0.2, 0.25) is 0 Å². The van der Waals surface area contributed by atoms with Crippen molar-refractivity contribution in [2.24, 2.45) is 0 Å². The van der Waals surface area contributed by atoms with Crippen LogP contribution in [0.4, 0.5) is 5.69 Å². The third-order valence-corrected chi connectivity index (χ3v) is 3.00. The van der Waals surface area contributed by atoms with Gasteiger partial charge in [0.1, 0.15) is 6.10 Å². The standard InChI is InChI=1S/C14H21NO4/c1-4-19-12(17)7-11(16)14(18)10-5-8(2)13(15)9(3)6-10/h5-6,11,14,16,18H,4,7,15H2,1-3H3. The first kappa shape index (κ1) is 15.5. The van der Waals surface area contributed by atoms with E-state index >= 15 is 0 Å². The molecule has 0 aliphatic heterocycles. The molecule has 0 saturated carbocycles. The molecule has 0 amide bonds. The summed E-state index contributed by atoms with van der Waals surface area (Å²) in [4.78, 5) is 11.3. The van der Waals surface area contributed by atoms with Gasteiger partial charge >= 0.3 is 5.97 Å². The summed E-state index contributed by atoms with van der Waals surface area (Å²) >= 11 is 0. The molecule has 0 aliphatic carbocycles. The van der Waals surface area contributed by atoms with Gasteiger partial charge in [-0.05, 0) is 37.5 Å². The second-order valence-corrected chi connectivity index (χ2v) is 4.59.